The molecular weight excluding hydrogens is 428 g/mol. The number of fused-ring (bicyclic) bond motifs is 1. The lowest BCUT2D eigenvalue weighted by atomic mass is 10.1. The maximum atomic E-state index is 12.7. The van der Waals surface area contributed by atoms with E-state index in [1.165, 1.54) is 6.33 Å². The Labute approximate surface area is 197 Å². The normalized spacial score (nSPS) is 18.2. The van der Waals surface area contributed by atoms with Crippen molar-refractivity contribution in [2.24, 2.45) is 5.92 Å². The van der Waals surface area contributed by atoms with E-state index in [9.17, 15) is 4.79 Å². The third-order valence-corrected chi connectivity index (χ3v) is 6.61. The predicted octanol–water partition coefficient (Wildman–Crippen LogP) is 4.44. The number of amides is 1. The van der Waals surface area contributed by atoms with Crippen LogP contribution in [0.1, 0.15) is 31.7 Å². The SMILES string of the molecule is Nc1ncnc2c1c(-c1ccc(Oc3ccccc3)cc1)nn2C1CCCN(C(=O)C2CC2)C1. The van der Waals surface area contributed by atoms with Crippen molar-refractivity contribution in [3.05, 3.63) is 60.9 Å². The molecule has 6 rings (SSSR count). The summed E-state index contributed by atoms with van der Waals surface area (Å²) in [6.07, 6.45) is 5.40. The van der Waals surface area contributed by atoms with Crippen LogP contribution in [0.3, 0.4) is 0 Å². The molecule has 1 saturated carbocycles. The number of para-hydroxylation sites is 1. The van der Waals surface area contributed by atoms with Crippen LogP contribution in [0.15, 0.2) is 60.9 Å². The van der Waals surface area contributed by atoms with Gasteiger partial charge in [0.2, 0.25) is 5.91 Å². The highest BCUT2D eigenvalue weighted by Crippen LogP contribution is 2.36. The number of carbonyl (C=O) groups is 1. The van der Waals surface area contributed by atoms with Crippen molar-refractivity contribution in [1.29, 1.82) is 0 Å². The Morgan fingerprint density at radius 1 is 0.971 bits per heavy atom. The highest BCUT2D eigenvalue weighted by molar-refractivity contribution is 5.98. The van der Waals surface area contributed by atoms with Crippen LogP contribution in [0.4, 0.5) is 5.82 Å². The number of likely N-dealkylation sites (tertiary alicyclic amines) is 1. The molecule has 1 aliphatic carbocycles. The molecule has 172 valence electrons. The highest BCUT2D eigenvalue weighted by Gasteiger charge is 2.36. The molecule has 1 amide bonds. The maximum Gasteiger partial charge on any atom is 0.225 e. The van der Waals surface area contributed by atoms with Crippen molar-refractivity contribution in [3.63, 3.8) is 0 Å². The quantitative estimate of drug-likeness (QED) is 0.479. The third kappa shape index (κ3) is 3.85. The molecule has 2 aromatic carbocycles. The number of hydrogen-bond donors (Lipinski definition) is 1. The Morgan fingerprint density at radius 3 is 2.50 bits per heavy atom. The molecule has 1 atom stereocenters. The Kier molecular flexibility index (Phi) is 5.13. The first-order chi connectivity index (χ1) is 16.7. The van der Waals surface area contributed by atoms with Gasteiger partial charge in [-0.15, -0.1) is 0 Å². The first kappa shape index (κ1) is 20.7. The number of anilines is 1. The van der Waals surface area contributed by atoms with Gasteiger partial charge in [0, 0.05) is 24.6 Å². The van der Waals surface area contributed by atoms with E-state index in [0.717, 1.165) is 60.4 Å². The molecule has 0 radical (unpaired) electrons. The molecule has 0 bridgehead atoms. The lowest BCUT2D eigenvalue weighted by Gasteiger charge is -2.33. The van der Waals surface area contributed by atoms with E-state index >= 15 is 0 Å². The first-order valence-corrected chi connectivity index (χ1v) is 11.8. The monoisotopic (exact) mass is 454 g/mol. The molecule has 3 heterocycles. The number of nitrogen functional groups attached to an aromatic ring is 1. The van der Waals surface area contributed by atoms with Crippen molar-refractivity contribution >= 4 is 22.8 Å². The van der Waals surface area contributed by atoms with E-state index in [2.05, 4.69) is 9.97 Å². The Morgan fingerprint density at radius 2 is 1.74 bits per heavy atom. The van der Waals surface area contributed by atoms with Crippen LogP contribution in [0.5, 0.6) is 11.5 Å². The van der Waals surface area contributed by atoms with E-state index < -0.39 is 0 Å². The van der Waals surface area contributed by atoms with Crippen molar-refractivity contribution in [1.82, 2.24) is 24.6 Å². The van der Waals surface area contributed by atoms with Crippen molar-refractivity contribution in [2.75, 3.05) is 18.8 Å². The van der Waals surface area contributed by atoms with E-state index in [1.807, 2.05) is 64.2 Å². The molecule has 2 aliphatic rings. The molecule has 2 N–H and O–H groups in total. The molecule has 2 aromatic heterocycles. The van der Waals surface area contributed by atoms with Gasteiger partial charge < -0.3 is 15.4 Å². The summed E-state index contributed by atoms with van der Waals surface area (Å²) in [6, 6.07) is 17.5. The second-order valence-corrected chi connectivity index (χ2v) is 9.04. The van der Waals surface area contributed by atoms with Crippen LogP contribution < -0.4 is 10.5 Å². The van der Waals surface area contributed by atoms with E-state index in [-0.39, 0.29) is 17.9 Å². The largest absolute Gasteiger partial charge is 0.457 e. The number of piperidine rings is 1. The van der Waals surface area contributed by atoms with E-state index in [1.54, 1.807) is 0 Å². The lowest BCUT2D eigenvalue weighted by Crippen LogP contribution is -2.41. The summed E-state index contributed by atoms with van der Waals surface area (Å²) in [7, 11) is 0. The van der Waals surface area contributed by atoms with Gasteiger partial charge in [0.15, 0.2) is 5.65 Å². The summed E-state index contributed by atoms with van der Waals surface area (Å²) in [5.41, 5.74) is 8.66. The second-order valence-electron chi connectivity index (χ2n) is 9.04. The minimum Gasteiger partial charge on any atom is -0.457 e. The predicted molar refractivity (Wildman–Crippen MR) is 129 cm³/mol. The maximum absolute atomic E-state index is 12.7. The number of nitrogens with two attached hydrogens (primary N) is 1. The fourth-order valence-corrected chi connectivity index (χ4v) is 4.70. The minimum atomic E-state index is 0.0580. The molecule has 4 aromatic rings. The van der Waals surface area contributed by atoms with Gasteiger partial charge in [-0.05, 0) is 62.1 Å². The molecule has 1 saturated heterocycles. The molecule has 1 aliphatic heterocycles. The summed E-state index contributed by atoms with van der Waals surface area (Å²) >= 11 is 0. The van der Waals surface area contributed by atoms with Crippen molar-refractivity contribution < 1.29 is 9.53 Å². The van der Waals surface area contributed by atoms with Gasteiger partial charge in [-0.3, -0.25) is 4.79 Å². The number of benzene rings is 2. The van der Waals surface area contributed by atoms with Crippen LogP contribution in [0.25, 0.3) is 22.3 Å². The summed E-state index contributed by atoms with van der Waals surface area (Å²) in [4.78, 5) is 23.4. The number of rotatable bonds is 5. The van der Waals surface area contributed by atoms with E-state index in [4.69, 9.17) is 15.6 Å². The van der Waals surface area contributed by atoms with Crippen LogP contribution >= 0.6 is 0 Å². The van der Waals surface area contributed by atoms with Crippen LogP contribution in [0.2, 0.25) is 0 Å². The van der Waals surface area contributed by atoms with Crippen molar-refractivity contribution in [2.45, 2.75) is 31.7 Å². The minimum absolute atomic E-state index is 0.0580. The third-order valence-electron chi connectivity index (χ3n) is 6.61. The number of aromatic nitrogens is 4. The average Bonchev–Trinajstić information content (AvgIpc) is 3.65. The van der Waals surface area contributed by atoms with Crippen LogP contribution in [-0.2, 0) is 4.79 Å². The zero-order chi connectivity index (χ0) is 23.1. The number of hydrogen-bond acceptors (Lipinski definition) is 6. The van der Waals surface area contributed by atoms with Gasteiger partial charge in [0.25, 0.3) is 0 Å². The highest BCUT2D eigenvalue weighted by atomic mass is 16.5. The zero-order valence-electron chi connectivity index (χ0n) is 18.8. The number of nitrogens with zero attached hydrogens (tertiary/aromatic N) is 5. The molecule has 1 unspecified atom stereocenters. The fraction of sp³-hybridized carbons (Fsp3) is 0.308. The van der Waals surface area contributed by atoms with Gasteiger partial charge in [-0.1, -0.05) is 18.2 Å². The molecular formula is C26H26N6O2. The Hall–Kier alpha value is -3.94. The van der Waals surface area contributed by atoms with Gasteiger partial charge in [-0.25, -0.2) is 14.6 Å². The summed E-state index contributed by atoms with van der Waals surface area (Å²) in [6.45, 7) is 1.47. The van der Waals surface area contributed by atoms with Crippen LogP contribution in [-0.4, -0.2) is 43.6 Å². The standard InChI is InChI=1S/C26H26N6O2/c27-24-22-23(17-10-12-21(13-11-17)34-20-6-2-1-3-7-20)30-32(25(22)29-16-28-24)19-5-4-14-31(15-19)26(33)18-8-9-18/h1-3,6-7,10-13,16,18-19H,4-5,8-9,14-15H2,(H2,27,28,29). The summed E-state index contributed by atoms with van der Waals surface area (Å²) in [5, 5.41) is 5.71. The van der Waals surface area contributed by atoms with Gasteiger partial charge in [-0.2, -0.15) is 5.10 Å². The average molecular weight is 455 g/mol. The van der Waals surface area contributed by atoms with Gasteiger partial charge >= 0.3 is 0 Å². The Balaban J connectivity index is 1.33. The zero-order valence-corrected chi connectivity index (χ0v) is 18.8. The molecule has 34 heavy (non-hydrogen) atoms. The lowest BCUT2D eigenvalue weighted by molar-refractivity contribution is -0.134. The summed E-state index contributed by atoms with van der Waals surface area (Å²) < 4.78 is 7.87. The molecule has 0 spiro atoms. The fourth-order valence-electron chi connectivity index (χ4n) is 4.70. The van der Waals surface area contributed by atoms with Gasteiger partial charge in [0.05, 0.1) is 11.4 Å². The first-order valence-electron chi connectivity index (χ1n) is 11.8. The topological polar surface area (TPSA) is 99.2 Å². The van der Waals surface area contributed by atoms with Crippen molar-refractivity contribution in [3.8, 4) is 22.8 Å². The summed E-state index contributed by atoms with van der Waals surface area (Å²) in [5.74, 6) is 2.43. The Bertz CT molecular complexity index is 1330. The second kappa shape index (κ2) is 8.44. The smallest absolute Gasteiger partial charge is 0.225 e. The van der Waals surface area contributed by atoms with Crippen LogP contribution in [0, 0.1) is 5.92 Å². The number of carbonyl (C=O) groups excluding carboxylic acids is 1. The molecule has 8 nitrogen and oxygen atoms in total. The van der Waals surface area contributed by atoms with E-state index in [0.29, 0.717) is 18.0 Å². The molecule has 8 heteroatoms. The molecule has 2 fully saturated rings. The number of ether oxygens (including phenoxy) is 1. The van der Waals surface area contributed by atoms with Gasteiger partial charge in [0.1, 0.15) is 29.3 Å².